The summed E-state index contributed by atoms with van der Waals surface area (Å²) in [5, 5.41) is 3.51. The number of aromatic nitrogens is 2. The third-order valence-corrected chi connectivity index (χ3v) is 6.14. The van der Waals surface area contributed by atoms with E-state index >= 15 is 0 Å². The molecule has 0 unspecified atom stereocenters. The Labute approximate surface area is 169 Å². The summed E-state index contributed by atoms with van der Waals surface area (Å²) in [5.74, 6) is 0.325. The van der Waals surface area contributed by atoms with E-state index in [1.807, 2.05) is 0 Å². The van der Waals surface area contributed by atoms with Crippen LogP contribution in [0, 0.1) is 5.92 Å². The number of nitrogens with zero attached hydrogens (tertiary/aromatic N) is 2. The predicted molar refractivity (Wildman–Crippen MR) is 109 cm³/mol. The lowest BCUT2D eigenvalue weighted by Gasteiger charge is -2.30. The highest BCUT2D eigenvalue weighted by Crippen LogP contribution is 2.24. The first-order valence-corrected chi connectivity index (χ1v) is 10.5. The first-order chi connectivity index (χ1) is 13.9. The van der Waals surface area contributed by atoms with Gasteiger partial charge in [0.05, 0.1) is 16.5 Å². The van der Waals surface area contributed by atoms with Gasteiger partial charge in [0.1, 0.15) is 5.82 Å². The molecule has 1 saturated carbocycles. The van der Waals surface area contributed by atoms with Crippen LogP contribution >= 0.6 is 0 Å². The minimum Gasteiger partial charge on any atom is -0.449 e. The molecular weight excluding hydrogens is 370 g/mol. The Morgan fingerprint density at radius 2 is 2.03 bits per heavy atom. The molecule has 0 bridgehead atoms. The topological polar surface area (TPSA) is 90.3 Å². The zero-order valence-corrected chi connectivity index (χ0v) is 16.9. The van der Waals surface area contributed by atoms with Crippen molar-refractivity contribution in [3.8, 4) is 0 Å². The number of hydrogen-bond acceptors (Lipinski definition) is 5. The van der Waals surface area contributed by atoms with Gasteiger partial charge in [0.2, 0.25) is 0 Å². The van der Waals surface area contributed by atoms with Crippen LogP contribution in [0.3, 0.4) is 0 Å². The Morgan fingerprint density at radius 3 is 2.83 bits per heavy atom. The molecule has 3 atom stereocenters. The summed E-state index contributed by atoms with van der Waals surface area (Å²) in [4.78, 5) is 42.1. The number of ether oxygens (including phenoxy) is 1. The molecule has 4 rings (SSSR count). The molecule has 1 N–H and O–H groups in total. The number of carbonyl (C=O) groups is 2. The molecule has 1 amide bonds. The maximum Gasteiger partial charge on any atom is 0.338 e. The van der Waals surface area contributed by atoms with Crippen molar-refractivity contribution in [1.29, 1.82) is 0 Å². The monoisotopic (exact) mass is 397 g/mol. The van der Waals surface area contributed by atoms with Crippen LogP contribution in [0.5, 0.6) is 0 Å². The second-order valence-corrected chi connectivity index (χ2v) is 8.24. The molecule has 1 fully saturated rings. The van der Waals surface area contributed by atoms with Crippen molar-refractivity contribution in [3.05, 3.63) is 39.9 Å². The average molecular weight is 397 g/mol. The number of amides is 1. The zero-order valence-electron chi connectivity index (χ0n) is 16.9. The Balaban J connectivity index is 1.46. The van der Waals surface area contributed by atoms with Crippen molar-refractivity contribution in [2.45, 2.75) is 71.1 Å². The lowest BCUT2D eigenvalue weighted by Crippen LogP contribution is -2.45. The van der Waals surface area contributed by atoms with Crippen molar-refractivity contribution in [3.63, 3.8) is 0 Å². The van der Waals surface area contributed by atoms with Crippen molar-refractivity contribution in [2.24, 2.45) is 5.92 Å². The van der Waals surface area contributed by atoms with Crippen LogP contribution in [-0.4, -0.2) is 33.6 Å². The zero-order chi connectivity index (χ0) is 20.5. The summed E-state index contributed by atoms with van der Waals surface area (Å²) >= 11 is 0. The first-order valence-electron chi connectivity index (χ1n) is 10.5. The molecule has 2 aromatic rings. The van der Waals surface area contributed by atoms with E-state index in [0.29, 0.717) is 23.4 Å². The molecule has 7 nitrogen and oxygen atoms in total. The molecule has 2 heterocycles. The van der Waals surface area contributed by atoms with Gasteiger partial charge in [-0.25, -0.2) is 9.78 Å². The van der Waals surface area contributed by atoms with Gasteiger partial charge in [-0.15, -0.1) is 0 Å². The van der Waals surface area contributed by atoms with E-state index in [1.165, 1.54) is 6.42 Å². The Hall–Kier alpha value is -2.70. The van der Waals surface area contributed by atoms with Gasteiger partial charge in [-0.3, -0.25) is 14.2 Å². The quantitative estimate of drug-likeness (QED) is 0.801. The molecule has 1 aromatic heterocycles. The summed E-state index contributed by atoms with van der Waals surface area (Å²) in [7, 11) is 0. The van der Waals surface area contributed by atoms with Crippen LogP contribution in [0.25, 0.3) is 10.9 Å². The summed E-state index contributed by atoms with van der Waals surface area (Å²) in [5.41, 5.74) is 0.709. The maximum atomic E-state index is 12.6. The van der Waals surface area contributed by atoms with Crippen molar-refractivity contribution in [2.75, 3.05) is 0 Å². The van der Waals surface area contributed by atoms with Crippen LogP contribution in [0.1, 0.15) is 62.1 Å². The largest absolute Gasteiger partial charge is 0.449 e. The summed E-state index contributed by atoms with van der Waals surface area (Å²) in [6.07, 6.45) is 5.15. The standard InChI is InChI=1S/C22H27N3O4/c1-13-6-3-4-7-17(13)24-20(26)14(2)29-22(28)15-9-10-16-18(12-15)23-19-8-5-11-25(19)21(16)27/h9-10,12-14,17H,3-8,11H2,1-2H3,(H,24,26)/t13-,14-,17+/m0/s1. The van der Waals surface area contributed by atoms with Crippen molar-refractivity contribution in [1.82, 2.24) is 14.9 Å². The van der Waals surface area contributed by atoms with Crippen LogP contribution in [0.15, 0.2) is 23.0 Å². The molecule has 29 heavy (non-hydrogen) atoms. The van der Waals surface area contributed by atoms with Gasteiger partial charge in [0.15, 0.2) is 6.10 Å². The first kappa shape index (κ1) is 19.6. The summed E-state index contributed by atoms with van der Waals surface area (Å²) in [6.45, 7) is 4.41. The lowest BCUT2D eigenvalue weighted by molar-refractivity contribution is -0.130. The van der Waals surface area contributed by atoms with Gasteiger partial charge in [-0.05, 0) is 50.3 Å². The minimum absolute atomic E-state index is 0.0724. The van der Waals surface area contributed by atoms with Gasteiger partial charge in [0, 0.05) is 19.0 Å². The molecule has 7 heteroatoms. The number of hydrogen-bond donors (Lipinski definition) is 1. The van der Waals surface area contributed by atoms with E-state index in [-0.39, 0.29) is 23.1 Å². The molecule has 0 saturated heterocycles. The van der Waals surface area contributed by atoms with E-state index < -0.39 is 12.1 Å². The van der Waals surface area contributed by atoms with Gasteiger partial charge in [-0.1, -0.05) is 19.8 Å². The van der Waals surface area contributed by atoms with Crippen LogP contribution in [0.2, 0.25) is 0 Å². The highest BCUT2D eigenvalue weighted by molar-refractivity contribution is 5.95. The van der Waals surface area contributed by atoms with Crippen molar-refractivity contribution < 1.29 is 14.3 Å². The second kappa shape index (κ2) is 7.97. The molecule has 1 aliphatic carbocycles. The highest BCUT2D eigenvalue weighted by Gasteiger charge is 2.27. The molecule has 0 spiro atoms. The SMILES string of the molecule is C[C@H](OC(=O)c1ccc2c(=O)n3c(nc2c1)CCC3)C(=O)N[C@@H]1CCCC[C@@H]1C. The fourth-order valence-electron chi connectivity index (χ4n) is 4.32. The Bertz CT molecular complexity index is 1010. The number of carbonyl (C=O) groups excluding carboxylic acids is 2. The number of fused-ring (bicyclic) bond motifs is 2. The molecule has 2 aliphatic rings. The number of benzene rings is 1. The maximum absolute atomic E-state index is 12.6. The Kier molecular flexibility index (Phi) is 5.39. The fourth-order valence-corrected chi connectivity index (χ4v) is 4.32. The van der Waals surface area contributed by atoms with E-state index in [9.17, 15) is 14.4 Å². The fraction of sp³-hybridized carbons (Fsp3) is 0.545. The minimum atomic E-state index is -0.883. The van der Waals surface area contributed by atoms with Gasteiger partial charge in [0.25, 0.3) is 11.5 Å². The number of nitrogens with one attached hydrogen (secondary N) is 1. The van der Waals surface area contributed by atoms with Gasteiger partial charge >= 0.3 is 5.97 Å². The molecule has 1 aromatic carbocycles. The van der Waals surface area contributed by atoms with Crippen molar-refractivity contribution >= 4 is 22.8 Å². The lowest BCUT2D eigenvalue weighted by atomic mass is 9.86. The molecule has 1 aliphatic heterocycles. The van der Waals surface area contributed by atoms with E-state index in [1.54, 1.807) is 29.7 Å². The van der Waals surface area contributed by atoms with Crippen LogP contribution in [0.4, 0.5) is 0 Å². The summed E-state index contributed by atoms with van der Waals surface area (Å²) < 4.78 is 7.08. The smallest absolute Gasteiger partial charge is 0.338 e. The Morgan fingerprint density at radius 1 is 1.24 bits per heavy atom. The highest BCUT2D eigenvalue weighted by atomic mass is 16.5. The number of rotatable bonds is 4. The van der Waals surface area contributed by atoms with Crippen LogP contribution in [-0.2, 0) is 22.5 Å². The molecular formula is C22H27N3O4. The van der Waals surface area contributed by atoms with Gasteiger partial charge in [-0.2, -0.15) is 0 Å². The van der Waals surface area contributed by atoms with Gasteiger partial charge < -0.3 is 10.1 Å². The normalized spacial score (nSPS) is 22.1. The average Bonchev–Trinajstić information content (AvgIpc) is 3.18. The summed E-state index contributed by atoms with van der Waals surface area (Å²) in [6, 6.07) is 4.88. The van der Waals surface area contributed by atoms with E-state index in [2.05, 4.69) is 17.2 Å². The molecule has 0 radical (unpaired) electrons. The third kappa shape index (κ3) is 3.91. The van der Waals surface area contributed by atoms with E-state index in [0.717, 1.165) is 37.9 Å². The second-order valence-electron chi connectivity index (χ2n) is 8.24. The third-order valence-electron chi connectivity index (χ3n) is 6.14. The number of esters is 1. The van der Waals surface area contributed by atoms with Crippen LogP contribution < -0.4 is 10.9 Å². The predicted octanol–water partition coefficient (Wildman–Crippen LogP) is 2.58. The molecule has 154 valence electrons. The van der Waals surface area contributed by atoms with E-state index in [4.69, 9.17) is 4.74 Å². The number of aryl methyl sites for hydroxylation is 1.